The van der Waals surface area contributed by atoms with Crippen LogP contribution >= 0.6 is 15.9 Å². The standard InChI is InChI=1S/C14H8BrN3/c15-12-7-10(8-16)5-6-14(12)18-13-4-2-1-3-11(13)9-17/h1-7,18H. The third-order valence-electron chi connectivity index (χ3n) is 2.42. The Labute approximate surface area is 113 Å². The Bertz CT molecular complexity index is 665. The molecule has 0 atom stereocenters. The van der Waals surface area contributed by atoms with Gasteiger partial charge in [0.15, 0.2) is 0 Å². The first-order valence-electron chi connectivity index (χ1n) is 5.20. The summed E-state index contributed by atoms with van der Waals surface area (Å²) >= 11 is 3.40. The highest BCUT2D eigenvalue weighted by atomic mass is 79.9. The monoisotopic (exact) mass is 297 g/mol. The molecule has 2 aromatic carbocycles. The Kier molecular flexibility index (Phi) is 3.62. The summed E-state index contributed by atoms with van der Waals surface area (Å²) < 4.78 is 0.786. The lowest BCUT2D eigenvalue weighted by molar-refractivity contribution is 1.44. The zero-order chi connectivity index (χ0) is 13.0. The molecule has 0 unspecified atom stereocenters. The molecule has 3 nitrogen and oxygen atoms in total. The van der Waals surface area contributed by atoms with E-state index in [1.165, 1.54) is 0 Å². The lowest BCUT2D eigenvalue weighted by Crippen LogP contribution is -1.94. The minimum absolute atomic E-state index is 0.578. The highest BCUT2D eigenvalue weighted by Crippen LogP contribution is 2.28. The van der Waals surface area contributed by atoms with Crippen molar-refractivity contribution in [2.45, 2.75) is 0 Å². The van der Waals surface area contributed by atoms with Gasteiger partial charge >= 0.3 is 0 Å². The van der Waals surface area contributed by atoms with E-state index in [1.54, 1.807) is 24.3 Å². The molecule has 0 bridgehead atoms. The van der Waals surface area contributed by atoms with E-state index in [0.29, 0.717) is 11.1 Å². The van der Waals surface area contributed by atoms with Crippen molar-refractivity contribution < 1.29 is 0 Å². The molecule has 0 amide bonds. The number of rotatable bonds is 2. The van der Waals surface area contributed by atoms with Gasteiger partial charge in [-0.15, -0.1) is 0 Å². The Morgan fingerprint density at radius 1 is 0.944 bits per heavy atom. The topological polar surface area (TPSA) is 59.6 Å². The maximum absolute atomic E-state index is 9.00. The normalized spacial score (nSPS) is 9.28. The van der Waals surface area contributed by atoms with Gasteiger partial charge in [0.2, 0.25) is 0 Å². The third-order valence-corrected chi connectivity index (χ3v) is 3.07. The predicted molar refractivity (Wildman–Crippen MR) is 73.3 cm³/mol. The first-order chi connectivity index (χ1) is 8.74. The molecule has 0 aliphatic rings. The first kappa shape index (κ1) is 12.2. The first-order valence-corrected chi connectivity index (χ1v) is 5.99. The highest BCUT2D eigenvalue weighted by molar-refractivity contribution is 9.10. The number of anilines is 2. The number of benzene rings is 2. The fourth-order valence-corrected chi connectivity index (χ4v) is 2.00. The van der Waals surface area contributed by atoms with E-state index in [1.807, 2.05) is 18.2 Å². The van der Waals surface area contributed by atoms with Gasteiger partial charge in [0.05, 0.1) is 28.6 Å². The van der Waals surface area contributed by atoms with Crippen molar-refractivity contribution in [2.24, 2.45) is 0 Å². The van der Waals surface area contributed by atoms with Crippen LogP contribution in [0.15, 0.2) is 46.9 Å². The Morgan fingerprint density at radius 2 is 1.72 bits per heavy atom. The van der Waals surface area contributed by atoms with E-state index in [-0.39, 0.29) is 0 Å². The summed E-state index contributed by atoms with van der Waals surface area (Å²) in [4.78, 5) is 0. The van der Waals surface area contributed by atoms with Crippen molar-refractivity contribution in [2.75, 3.05) is 5.32 Å². The molecule has 0 aliphatic carbocycles. The van der Waals surface area contributed by atoms with E-state index >= 15 is 0 Å². The molecule has 18 heavy (non-hydrogen) atoms. The molecular formula is C14H8BrN3. The number of nitrogens with one attached hydrogen (secondary N) is 1. The molecular weight excluding hydrogens is 290 g/mol. The molecule has 0 fully saturated rings. The highest BCUT2D eigenvalue weighted by Gasteiger charge is 2.04. The van der Waals surface area contributed by atoms with Crippen LogP contribution in [-0.4, -0.2) is 0 Å². The van der Waals surface area contributed by atoms with Crippen LogP contribution < -0.4 is 5.32 Å². The largest absolute Gasteiger partial charge is 0.354 e. The van der Waals surface area contributed by atoms with Gasteiger partial charge in [-0.3, -0.25) is 0 Å². The van der Waals surface area contributed by atoms with Gasteiger partial charge in [0, 0.05) is 4.47 Å². The second kappa shape index (κ2) is 5.35. The van der Waals surface area contributed by atoms with Crippen molar-refractivity contribution in [3.8, 4) is 12.1 Å². The van der Waals surface area contributed by atoms with Gasteiger partial charge in [-0.1, -0.05) is 12.1 Å². The van der Waals surface area contributed by atoms with Crippen LogP contribution in [0.2, 0.25) is 0 Å². The number of hydrogen-bond donors (Lipinski definition) is 1. The summed E-state index contributed by atoms with van der Waals surface area (Å²) in [6.07, 6.45) is 0. The number of para-hydroxylation sites is 1. The van der Waals surface area contributed by atoms with Gasteiger partial charge in [-0.25, -0.2) is 0 Å². The third kappa shape index (κ3) is 2.51. The minimum Gasteiger partial charge on any atom is -0.354 e. The molecule has 0 radical (unpaired) electrons. The second-order valence-electron chi connectivity index (χ2n) is 3.59. The smallest absolute Gasteiger partial charge is 0.101 e. The molecule has 2 rings (SSSR count). The van der Waals surface area contributed by atoms with E-state index in [4.69, 9.17) is 10.5 Å². The maximum atomic E-state index is 9.00. The maximum Gasteiger partial charge on any atom is 0.101 e. The van der Waals surface area contributed by atoms with Gasteiger partial charge in [0.1, 0.15) is 6.07 Å². The molecule has 86 valence electrons. The van der Waals surface area contributed by atoms with Crippen LogP contribution in [0.1, 0.15) is 11.1 Å². The molecule has 0 saturated heterocycles. The molecule has 0 heterocycles. The summed E-state index contributed by atoms with van der Waals surface area (Å²) in [6, 6.07) is 16.7. The fourth-order valence-electron chi connectivity index (χ4n) is 1.52. The zero-order valence-electron chi connectivity index (χ0n) is 9.31. The van der Waals surface area contributed by atoms with Crippen LogP contribution in [0, 0.1) is 22.7 Å². The van der Waals surface area contributed by atoms with E-state index < -0.39 is 0 Å². The quantitative estimate of drug-likeness (QED) is 0.913. The lowest BCUT2D eigenvalue weighted by Gasteiger charge is -2.09. The molecule has 0 saturated carbocycles. The number of halogens is 1. The van der Waals surface area contributed by atoms with Crippen molar-refractivity contribution in [1.29, 1.82) is 10.5 Å². The number of hydrogen-bond acceptors (Lipinski definition) is 3. The van der Waals surface area contributed by atoms with Crippen molar-refractivity contribution in [1.82, 2.24) is 0 Å². The Hall–Kier alpha value is -2.30. The summed E-state index contributed by atoms with van der Waals surface area (Å²) in [5.74, 6) is 0. The van der Waals surface area contributed by atoms with Crippen molar-refractivity contribution in [3.05, 3.63) is 58.1 Å². The Balaban J connectivity index is 2.36. The molecule has 4 heteroatoms. The SMILES string of the molecule is N#Cc1ccc(Nc2ccccc2C#N)c(Br)c1. The van der Waals surface area contributed by atoms with Gasteiger partial charge in [-0.05, 0) is 46.3 Å². The van der Waals surface area contributed by atoms with E-state index in [9.17, 15) is 0 Å². The van der Waals surface area contributed by atoms with E-state index in [0.717, 1.165) is 15.8 Å². The van der Waals surface area contributed by atoms with Gasteiger partial charge < -0.3 is 5.32 Å². The van der Waals surface area contributed by atoms with E-state index in [2.05, 4.69) is 33.4 Å². The number of nitrogens with zero attached hydrogens (tertiary/aromatic N) is 2. The van der Waals surface area contributed by atoms with Crippen molar-refractivity contribution in [3.63, 3.8) is 0 Å². The molecule has 2 aromatic rings. The molecule has 0 aliphatic heterocycles. The van der Waals surface area contributed by atoms with Crippen LogP contribution in [0.4, 0.5) is 11.4 Å². The zero-order valence-corrected chi connectivity index (χ0v) is 10.9. The van der Waals surface area contributed by atoms with Gasteiger partial charge in [0.25, 0.3) is 0 Å². The van der Waals surface area contributed by atoms with Crippen LogP contribution in [-0.2, 0) is 0 Å². The van der Waals surface area contributed by atoms with Crippen molar-refractivity contribution >= 4 is 27.3 Å². The average molecular weight is 298 g/mol. The van der Waals surface area contributed by atoms with Crippen LogP contribution in [0.5, 0.6) is 0 Å². The predicted octanol–water partition coefficient (Wildman–Crippen LogP) is 3.94. The fraction of sp³-hybridized carbons (Fsp3) is 0. The van der Waals surface area contributed by atoms with Crippen LogP contribution in [0.25, 0.3) is 0 Å². The summed E-state index contributed by atoms with van der Waals surface area (Å²) in [6.45, 7) is 0. The molecule has 1 N–H and O–H groups in total. The summed E-state index contributed by atoms with van der Waals surface area (Å²) in [5, 5.41) is 21.0. The summed E-state index contributed by atoms with van der Waals surface area (Å²) in [5.41, 5.74) is 2.72. The summed E-state index contributed by atoms with van der Waals surface area (Å²) in [7, 11) is 0. The molecule has 0 aromatic heterocycles. The lowest BCUT2D eigenvalue weighted by atomic mass is 10.1. The van der Waals surface area contributed by atoms with Gasteiger partial charge in [-0.2, -0.15) is 10.5 Å². The Morgan fingerprint density at radius 3 is 2.39 bits per heavy atom. The average Bonchev–Trinajstić information content (AvgIpc) is 2.41. The molecule has 0 spiro atoms. The number of nitriles is 2. The van der Waals surface area contributed by atoms with Crippen LogP contribution in [0.3, 0.4) is 0 Å². The minimum atomic E-state index is 0.578. The second-order valence-corrected chi connectivity index (χ2v) is 4.44.